The summed E-state index contributed by atoms with van der Waals surface area (Å²) < 4.78 is 3.39. The summed E-state index contributed by atoms with van der Waals surface area (Å²) in [4.78, 5) is 38.0. The number of nitrogens with one attached hydrogen (secondary N) is 1. The van der Waals surface area contributed by atoms with Crippen LogP contribution in [0, 0.1) is 0 Å². The number of aryl methyl sites for hydroxylation is 2. The van der Waals surface area contributed by atoms with Crippen LogP contribution < -0.4 is 21.0 Å². The summed E-state index contributed by atoms with van der Waals surface area (Å²) in [5.74, 6) is 1.65. The van der Waals surface area contributed by atoms with E-state index in [9.17, 15) is 9.59 Å². The van der Waals surface area contributed by atoms with Crippen LogP contribution in [0.2, 0.25) is 5.02 Å². The molecule has 0 amide bonds. The van der Waals surface area contributed by atoms with Gasteiger partial charge >= 0.3 is 5.69 Å². The van der Waals surface area contributed by atoms with Crippen molar-refractivity contribution in [2.75, 3.05) is 41.7 Å². The molecule has 0 radical (unpaired) electrons. The second kappa shape index (κ2) is 10.2. The summed E-state index contributed by atoms with van der Waals surface area (Å²) in [6.45, 7) is 3.76. The van der Waals surface area contributed by atoms with Gasteiger partial charge in [0.25, 0.3) is 5.56 Å². The maximum Gasteiger partial charge on any atom is 0.329 e. The monoisotopic (exact) mass is 510 g/mol. The first-order valence-electron chi connectivity index (χ1n) is 11.6. The number of benzene rings is 2. The van der Waals surface area contributed by atoms with E-state index in [1.54, 1.807) is 18.8 Å². The van der Waals surface area contributed by atoms with Gasteiger partial charge in [-0.15, -0.1) is 11.8 Å². The highest BCUT2D eigenvalue weighted by Crippen LogP contribution is 2.25. The van der Waals surface area contributed by atoms with Crippen LogP contribution in [0.3, 0.4) is 0 Å². The van der Waals surface area contributed by atoms with E-state index < -0.39 is 11.2 Å². The van der Waals surface area contributed by atoms with Crippen LogP contribution >= 0.6 is 23.4 Å². The zero-order valence-electron chi connectivity index (χ0n) is 19.5. The van der Waals surface area contributed by atoms with Gasteiger partial charge in [-0.2, -0.15) is 4.98 Å². The van der Waals surface area contributed by atoms with Crippen LogP contribution in [0.4, 0.5) is 11.6 Å². The molecule has 1 aliphatic heterocycles. The van der Waals surface area contributed by atoms with Crippen molar-refractivity contribution in [1.29, 1.82) is 0 Å². The molecule has 0 unspecified atom stereocenters. The van der Waals surface area contributed by atoms with Crippen LogP contribution in [0.5, 0.6) is 0 Å². The average Bonchev–Trinajstić information content (AvgIpc) is 3.26. The van der Waals surface area contributed by atoms with Gasteiger partial charge in [-0.3, -0.25) is 14.3 Å². The smallest absolute Gasteiger partial charge is 0.329 e. The number of nitrogens with zero attached hydrogens (tertiary/aromatic N) is 5. The average molecular weight is 511 g/mol. The van der Waals surface area contributed by atoms with Gasteiger partial charge in [0, 0.05) is 55.4 Å². The van der Waals surface area contributed by atoms with E-state index in [2.05, 4.69) is 33.0 Å². The van der Waals surface area contributed by atoms with Gasteiger partial charge in [0.1, 0.15) is 0 Å². The summed E-state index contributed by atoms with van der Waals surface area (Å²) in [7, 11) is 1.64. The number of piperazine rings is 1. The molecule has 3 heterocycles. The molecule has 0 atom stereocenters. The van der Waals surface area contributed by atoms with Crippen molar-refractivity contribution in [3.05, 3.63) is 80.5 Å². The van der Waals surface area contributed by atoms with Crippen molar-refractivity contribution in [3.8, 4) is 0 Å². The summed E-state index contributed by atoms with van der Waals surface area (Å²) in [6, 6.07) is 18.2. The lowest BCUT2D eigenvalue weighted by Crippen LogP contribution is -2.47. The minimum Gasteiger partial charge on any atom is -0.368 e. The number of hydrogen-bond donors (Lipinski definition) is 1. The third-order valence-electron chi connectivity index (χ3n) is 6.26. The van der Waals surface area contributed by atoms with Crippen molar-refractivity contribution in [1.82, 2.24) is 19.1 Å². The van der Waals surface area contributed by atoms with Crippen LogP contribution in [-0.4, -0.2) is 51.0 Å². The fourth-order valence-electron chi connectivity index (χ4n) is 4.44. The highest BCUT2D eigenvalue weighted by molar-refractivity contribution is 7.99. The highest BCUT2D eigenvalue weighted by Gasteiger charge is 2.25. The Morgan fingerprint density at radius 2 is 1.74 bits per heavy atom. The standard InChI is InChI=1S/C25H27ClN6O2S/c1-29-22-21(23(33)28-25(29)34)32(11-6-16-35-20-9-3-2-4-10-20)24(27-22)31-14-12-30(13-15-31)19-8-5-7-18(26)17-19/h2-5,7-10,17H,6,11-16H2,1H3,(H,28,33,34). The molecule has 0 saturated carbocycles. The third-order valence-corrected chi connectivity index (χ3v) is 7.59. The Morgan fingerprint density at radius 3 is 2.49 bits per heavy atom. The second-order valence-electron chi connectivity index (χ2n) is 8.52. The van der Waals surface area contributed by atoms with Crippen LogP contribution in [0.1, 0.15) is 6.42 Å². The molecule has 10 heteroatoms. The molecule has 2 aromatic heterocycles. The minimum absolute atomic E-state index is 0.393. The summed E-state index contributed by atoms with van der Waals surface area (Å²) >= 11 is 7.98. The Labute approximate surface area is 212 Å². The van der Waals surface area contributed by atoms with Crippen LogP contribution in [-0.2, 0) is 13.6 Å². The topological polar surface area (TPSA) is 79.2 Å². The highest BCUT2D eigenvalue weighted by atomic mass is 35.5. The molecule has 0 aliphatic carbocycles. The molecule has 5 rings (SSSR count). The normalized spacial score (nSPS) is 14.1. The maximum atomic E-state index is 12.8. The molecule has 1 aliphatic rings. The number of imidazole rings is 1. The number of thioether (sulfide) groups is 1. The lowest BCUT2D eigenvalue weighted by Gasteiger charge is -2.36. The zero-order valence-corrected chi connectivity index (χ0v) is 21.1. The van der Waals surface area contributed by atoms with E-state index in [1.807, 2.05) is 41.0 Å². The molecule has 2 aromatic carbocycles. The fraction of sp³-hybridized carbons (Fsp3) is 0.320. The number of aromatic amines is 1. The van der Waals surface area contributed by atoms with Gasteiger partial charge in [0.2, 0.25) is 5.95 Å². The molecule has 8 nitrogen and oxygen atoms in total. The quantitative estimate of drug-likeness (QED) is 0.302. The van der Waals surface area contributed by atoms with Crippen molar-refractivity contribution in [2.45, 2.75) is 17.9 Å². The molecule has 1 fully saturated rings. The van der Waals surface area contributed by atoms with E-state index >= 15 is 0 Å². The SMILES string of the molecule is Cn1c(=O)[nH]c(=O)c2c1nc(N1CCN(c3cccc(Cl)c3)CC1)n2CCCSc1ccccc1. The first kappa shape index (κ1) is 23.6. The summed E-state index contributed by atoms with van der Waals surface area (Å²) in [5.41, 5.74) is 1.12. The lowest BCUT2D eigenvalue weighted by atomic mass is 10.2. The number of halogens is 1. The van der Waals surface area contributed by atoms with E-state index in [4.69, 9.17) is 16.6 Å². The predicted molar refractivity (Wildman–Crippen MR) is 143 cm³/mol. The van der Waals surface area contributed by atoms with Crippen LogP contribution in [0.25, 0.3) is 11.2 Å². The van der Waals surface area contributed by atoms with Gasteiger partial charge in [-0.1, -0.05) is 35.9 Å². The molecule has 35 heavy (non-hydrogen) atoms. The largest absolute Gasteiger partial charge is 0.368 e. The second-order valence-corrected chi connectivity index (χ2v) is 10.1. The number of aromatic nitrogens is 4. The molecule has 0 spiro atoms. The van der Waals surface area contributed by atoms with Crippen molar-refractivity contribution in [2.24, 2.45) is 7.05 Å². The Bertz CT molecular complexity index is 1440. The van der Waals surface area contributed by atoms with Gasteiger partial charge < -0.3 is 14.4 Å². The first-order chi connectivity index (χ1) is 17.0. The van der Waals surface area contributed by atoms with E-state index in [0.29, 0.717) is 17.7 Å². The van der Waals surface area contributed by atoms with Crippen molar-refractivity contribution >= 4 is 46.2 Å². The number of H-pyrrole nitrogens is 1. The molecule has 182 valence electrons. The number of rotatable bonds is 7. The Morgan fingerprint density at radius 1 is 1.00 bits per heavy atom. The van der Waals surface area contributed by atoms with Gasteiger partial charge in [0.05, 0.1) is 0 Å². The lowest BCUT2D eigenvalue weighted by molar-refractivity contribution is 0.610. The Balaban J connectivity index is 1.39. The number of anilines is 2. The summed E-state index contributed by atoms with van der Waals surface area (Å²) in [6.07, 6.45) is 0.864. The van der Waals surface area contributed by atoms with E-state index in [1.165, 1.54) is 9.46 Å². The fourth-order valence-corrected chi connectivity index (χ4v) is 5.49. The molecule has 1 saturated heterocycles. The molecule has 1 N–H and O–H groups in total. The van der Waals surface area contributed by atoms with E-state index in [-0.39, 0.29) is 0 Å². The zero-order chi connectivity index (χ0) is 24.4. The van der Waals surface area contributed by atoms with Crippen molar-refractivity contribution < 1.29 is 0 Å². The van der Waals surface area contributed by atoms with Gasteiger partial charge in [-0.25, -0.2) is 4.79 Å². The number of fused-ring (bicyclic) bond motifs is 1. The summed E-state index contributed by atoms with van der Waals surface area (Å²) in [5, 5.41) is 0.722. The van der Waals surface area contributed by atoms with Crippen LogP contribution in [0.15, 0.2) is 69.1 Å². The first-order valence-corrected chi connectivity index (χ1v) is 13.0. The Hall–Kier alpha value is -3.17. The van der Waals surface area contributed by atoms with E-state index in [0.717, 1.165) is 55.0 Å². The molecule has 4 aromatic rings. The molecular formula is C25H27ClN6O2S. The van der Waals surface area contributed by atoms with Gasteiger partial charge in [0.15, 0.2) is 11.2 Å². The minimum atomic E-state index is -0.455. The predicted octanol–water partition coefficient (Wildman–Crippen LogP) is 3.59. The Kier molecular flexibility index (Phi) is 6.88. The third kappa shape index (κ3) is 4.97. The van der Waals surface area contributed by atoms with Gasteiger partial charge in [-0.05, 0) is 42.5 Å². The number of hydrogen-bond acceptors (Lipinski definition) is 6. The molecular weight excluding hydrogens is 484 g/mol. The molecule has 0 bridgehead atoms. The van der Waals surface area contributed by atoms with Crippen molar-refractivity contribution in [3.63, 3.8) is 0 Å². The maximum absolute atomic E-state index is 12.8.